The number of rotatable bonds is 5. The highest BCUT2D eigenvalue weighted by molar-refractivity contribution is 5.94. The van der Waals surface area contributed by atoms with Gasteiger partial charge >= 0.3 is 0 Å². The number of benzene rings is 1. The van der Waals surface area contributed by atoms with Crippen LogP contribution < -0.4 is 10.6 Å². The molecule has 1 amide bonds. The molecule has 5 heteroatoms. The van der Waals surface area contributed by atoms with Gasteiger partial charge in [-0.2, -0.15) is 0 Å². The van der Waals surface area contributed by atoms with Crippen molar-refractivity contribution in [1.29, 1.82) is 0 Å². The zero-order valence-electron chi connectivity index (χ0n) is 10.8. The topological polar surface area (TPSA) is 41.1 Å². The fourth-order valence-corrected chi connectivity index (χ4v) is 1.64. The maximum Gasteiger partial charge on any atom is 0.257 e. The van der Waals surface area contributed by atoms with Gasteiger partial charge in [0.05, 0.1) is 0 Å². The number of halogens is 2. The molecule has 1 aromatic rings. The fraction of sp³-hybridized carbons (Fsp3) is 0.462. The summed E-state index contributed by atoms with van der Waals surface area (Å²) in [6, 6.07) is 2.41. The zero-order chi connectivity index (χ0) is 13.7. The minimum atomic E-state index is -0.836. The highest BCUT2D eigenvalue weighted by Gasteiger charge is 2.19. The summed E-state index contributed by atoms with van der Waals surface area (Å²) in [6.45, 7) is 4.51. The van der Waals surface area contributed by atoms with Crippen LogP contribution in [-0.2, 0) is 0 Å². The van der Waals surface area contributed by atoms with Gasteiger partial charge in [-0.15, -0.1) is 0 Å². The van der Waals surface area contributed by atoms with E-state index >= 15 is 0 Å². The van der Waals surface area contributed by atoms with Crippen molar-refractivity contribution in [2.24, 2.45) is 5.92 Å². The lowest BCUT2D eigenvalue weighted by Crippen LogP contribution is -2.33. The summed E-state index contributed by atoms with van der Waals surface area (Å²) in [6.07, 6.45) is 0. The molecule has 0 bridgehead atoms. The summed E-state index contributed by atoms with van der Waals surface area (Å²) in [4.78, 5) is 11.7. The molecule has 1 atom stereocenters. The number of carbonyl (C=O) groups is 1. The van der Waals surface area contributed by atoms with Crippen molar-refractivity contribution in [1.82, 2.24) is 10.6 Å². The molecule has 0 fully saturated rings. The predicted molar refractivity (Wildman–Crippen MR) is 66.5 cm³/mol. The van der Waals surface area contributed by atoms with Crippen molar-refractivity contribution in [3.05, 3.63) is 34.9 Å². The Morgan fingerprint density at radius 2 is 2.00 bits per heavy atom. The summed E-state index contributed by atoms with van der Waals surface area (Å²) in [5, 5.41) is 5.50. The third-order valence-electron chi connectivity index (χ3n) is 2.67. The van der Waals surface area contributed by atoms with Crippen molar-refractivity contribution < 1.29 is 13.6 Å². The number of amides is 1. The minimum absolute atomic E-state index is 0.190. The first-order chi connectivity index (χ1) is 8.47. The molecule has 3 nitrogen and oxygen atoms in total. The molecular weight excluding hydrogens is 238 g/mol. The Morgan fingerprint density at radius 3 is 2.61 bits per heavy atom. The Hall–Kier alpha value is -1.49. The number of hydrogen-bond donors (Lipinski definition) is 2. The Labute approximate surface area is 106 Å². The first kappa shape index (κ1) is 14.6. The molecular formula is C13H18F2N2O. The van der Waals surface area contributed by atoms with E-state index in [1.807, 2.05) is 6.92 Å². The zero-order valence-corrected chi connectivity index (χ0v) is 10.8. The van der Waals surface area contributed by atoms with Gasteiger partial charge in [-0.05, 0) is 38.1 Å². The molecule has 1 aromatic carbocycles. The molecule has 0 saturated heterocycles. The lowest BCUT2D eigenvalue weighted by Gasteiger charge is -2.13. The molecule has 0 aliphatic heterocycles. The number of carbonyl (C=O) groups excluding carboxylic acids is 1. The summed E-state index contributed by atoms with van der Waals surface area (Å²) in [5.74, 6) is -2.16. The summed E-state index contributed by atoms with van der Waals surface area (Å²) in [7, 11) is 1.80. The first-order valence-corrected chi connectivity index (χ1v) is 5.84. The van der Waals surface area contributed by atoms with Crippen LogP contribution in [0, 0.1) is 24.5 Å². The summed E-state index contributed by atoms with van der Waals surface area (Å²) < 4.78 is 27.1. The van der Waals surface area contributed by atoms with Gasteiger partial charge in [0, 0.05) is 6.54 Å². The SMILES string of the molecule is CNCC(C)CNC(=O)c1c(F)ccc(C)c1F. The van der Waals surface area contributed by atoms with Crippen LogP contribution in [0.2, 0.25) is 0 Å². The predicted octanol–water partition coefficient (Wildman–Crippen LogP) is 1.86. The molecule has 100 valence electrons. The minimum Gasteiger partial charge on any atom is -0.352 e. The van der Waals surface area contributed by atoms with Crippen molar-refractivity contribution in [3.8, 4) is 0 Å². The van der Waals surface area contributed by atoms with Crippen molar-refractivity contribution in [2.75, 3.05) is 20.1 Å². The molecule has 0 saturated carbocycles. The van der Waals surface area contributed by atoms with Crippen LogP contribution >= 0.6 is 0 Å². The van der Waals surface area contributed by atoms with E-state index in [0.29, 0.717) is 6.54 Å². The van der Waals surface area contributed by atoms with Crippen LogP contribution in [0.1, 0.15) is 22.8 Å². The van der Waals surface area contributed by atoms with Gasteiger partial charge in [0.15, 0.2) is 0 Å². The second-order valence-corrected chi connectivity index (χ2v) is 4.43. The van der Waals surface area contributed by atoms with Crippen LogP contribution in [0.4, 0.5) is 8.78 Å². The van der Waals surface area contributed by atoms with E-state index in [1.54, 1.807) is 7.05 Å². The monoisotopic (exact) mass is 256 g/mol. The van der Waals surface area contributed by atoms with E-state index in [4.69, 9.17) is 0 Å². The maximum absolute atomic E-state index is 13.7. The molecule has 2 N–H and O–H groups in total. The molecule has 0 aliphatic rings. The van der Waals surface area contributed by atoms with Crippen LogP contribution in [0.3, 0.4) is 0 Å². The molecule has 0 radical (unpaired) electrons. The molecule has 0 heterocycles. The van der Waals surface area contributed by atoms with Gasteiger partial charge in [0.2, 0.25) is 0 Å². The molecule has 18 heavy (non-hydrogen) atoms. The standard InChI is InChI=1S/C13H18F2N2O/c1-8(6-16-3)7-17-13(18)11-10(14)5-4-9(2)12(11)15/h4-5,8,16H,6-7H2,1-3H3,(H,17,18). The van der Waals surface area contributed by atoms with Gasteiger partial charge in [-0.3, -0.25) is 4.79 Å². The molecule has 0 aromatic heterocycles. The largest absolute Gasteiger partial charge is 0.352 e. The van der Waals surface area contributed by atoms with Crippen LogP contribution in [0.15, 0.2) is 12.1 Å². The van der Waals surface area contributed by atoms with Gasteiger partial charge in [0.25, 0.3) is 5.91 Å². The average Bonchev–Trinajstić information content (AvgIpc) is 2.32. The lowest BCUT2D eigenvalue weighted by molar-refractivity contribution is 0.0939. The van der Waals surface area contributed by atoms with E-state index in [0.717, 1.165) is 12.6 Å². The second-order valence-electron chi connectivity index (χ2n) is 4.43. The van der Waals surface area contributed by atoms with Crippen molar-refractivity contribution >= 4 is 5.91 Å². The Bertz CT molecular complexity index is 435. The Morgan fingerprint density at radius 1 is 1.33 bits per heavy atom. The fourth-order valence-electron chi connectivity index (χ4n) is 1.64. The van der Waals surface area contributed by atoms with Gasteiger partial charge < -0.3 is 10.6 Å². The van der Waals surface area contributed by atoms with Crippen LogP contribution in [-0.4, -0.2) is 26.0 Å². The molecule has 0 aliphatic carbocycles. The quantitative estimate of drug-likeness (QED) is 0.844. The van der Waals surface area contributed by atoms with Gasteiger partial charge in [-0.1, -0.05) is 13.0 Å². The van der Waals surface area contributed by atoms with Gasteiger partial charge in [0.1, 0.15) is 17.2 Å². The van der Waals surface area contributed by atoms with Crippen LogP contribution in [0.25, 0.3) is 0 Å². The number of nitrogens with one attached hydrogen (secondary N) is 2. The molecule has 1 unspecified atom stereocenters. The Balaban J connectivity index is 2.76. The van der Waals surface area contributed by atoms with Crippen molar-refractivity contribution in [3.63, 3.8) is 0 Å². The number of hydrogen-bond acceptors (Lipinski definition) is 2. The van der Waals surface area contributed by atoms with E-state index < -0.39 is 23.1 Å². The second kappa shape index (κ2) is 6.44. The lowest BCUT2D eigenvalue weighted by atomic mass is 10.1. The third-order valence-corrected chi connectivity index (χ3v) is 2.67. The maximum atomic E-state index is 13.7. The normalized spacial score (nSPS) is 12.3. The van der Waals surface area contributed by atoms with Crippen LogP contribution in [0.5, 0.6) is 0 Å². The van der Waals surface area contributed by atoms with E-state index in [9.17, 15) is 13.6 Å². The van der Waals surface area contributed by atoms with Crippen molar-refractivity contribution in [2.45, 2.75) is 13.8 Å². The highest BCUT2D eigenvalue weighted by Crippen LogP contribution is 2.16. The third kappa shape index (κ3) is 3.50. The van der Waals surface area contributed by atoms with Gasteiger partial charge in [-0.25, -0.2) is 8.78 Å². The van der Waals surface area contributed by atoms with E-state index in [-0.39, 0.29) is 11.5 Å². The Kier molecular flexibility index (Phi) is 5.22. The summed E-state index contributed by atoms with van der Waals surface area (Å²) in [5.41, 5.74) is -0.253. The first-order valence-electron chi connectivity index (χ1n) is 5.84. The average molecular weight is 256 g/mol. The molecule has 1 rings (SSSR count). The summed E-state index contributed by atoms with van der Waals surface area (Å²) >= 11 is 0. The number of aryl methyl sites for hydroxylation is 1. The van der Waals surface area contributed by atoms with E-state index in [2.05, 4.69) is 10.6 Å². The smallest absolute Gasteiger partial charge is 0.257 e. The van der Waals surface area contributed by atoms with E-state index in [1.165, 1.54) is 13.0 Å². The molecule has 0 spiro atoms. The highest BCUT2D eigenvalue weighted by atomic mass is 19.1.